The van der Waals surface area contributed by atoms with E-state index in [2.05, 4.69) is 21.2 Å². The molecule has 4 N–H and O–H groups in total. The number of H-pyrrole nitrogens is 1. The van der Waals surface area contributed by atoms with Gasteiger partial charge in [-0.15, -0.1) is 6.42 Å². The third-order valence-electron chi connectivity index (χ3n) is 6.28. The van der Waals surface area contributed by atoms with Crippen molar-refractivity contribution in [3.63, 3.8) is 0 Å². The maximum Gasteiger partial charge on any atom is 0.289 e. The predicted octanol–water partition coefficient (Wildman–Crippen LogP) is 3.72. The fourth-order valence-corrected chi connectivity index (χ4v) is 4.58. The number of fused-ring (bicyclic) bond motifs is 1. The molecule has 2 unspecified atom stereocenters. The van der Waals surface area contributed by atoms with E-state index in [-0.39, 0.29) is 18.6 Å². The van der Waals surface area contributed by atoms with Gasteiger partial charge in [0.1, 0.15) is 17.9 Å². The predicted molar refractivity (Wildman–Crippen MR) is 131 cm³/mol. The SMILES string of the molecule is C#CCOc1ccc(CNC2CCCC(N(CC)C(=O)c3nc4c(N)cccc4[nH]3)C2)cc1. The molecule has 0 saturated heterocycles. The Bertz CT molecular complexity index is 1130. The highest BCUT2D eigenvalue weighted by molar-refractivity contribution is 5.97. The summed E-state index contributed by atoms with van der Waals surface area (Å²) in [5.41, 5.74) is 9.22. The monoisotopic (exact) mass is 445 g/mol. The molecule has 1 aliphatic carbocycles. The van der Waals surface area contributed by atoms with Gasteiger partial charge in [0.05, 0.1) is 11.2 Å². The number of carbonyl (C=O) groups excluding carboxylic acids is 1. The summed E-state index contributed by atoms with van der Waals surface area (Å²) in [7, 11) is 0. The van der Waals surface area contributed by atoms with E-state index in [9.17, 15) is 4.79 Å². The number of benzene rings is 2. The van der Waals surface area contributed by atoms with E-state index in [1.165, 1.54) is 5.56 Å². The van der Waals surface area contributed by atoms with Gasteiger partial charge in [-0.05, 0) is 62.4 Å². The molecule has 7 heteroatoms. The van der Waals surface area contributed by atoms with Crippen LogP contribution in [0.25, 0.3) is 11.0 Å². The molecule has 1 saturated carbocycles. The number of nitrogens with two attached hydrogens (primary N) is 1. The maximum atomic E-state index is 13.3. The van der Waals surface area contributed by atoms with Gasteiger partial charge in [0.25, 0.3) is 5.91 Å². The van der Waals surface area contributed by atoms with Gasteiger partial charge in [-0.25, -0.2) is 4.98 Å². The molecule has 0 aliphatic heterocycles. The number of ether oxygens (including phenoxy) is 1. The summed E-state index contributed by atoms with van der Waals surface area (Å²) in [4.78, 5) is 22.9. The first-order chi connectivity index (χ1) is 16.1. The molecule has 4 rings (SSSR count). The lowest BCUT2D eigenvalue weighted by Crippen LogP contribution is -2.47. The highest BCUT2D eigenvalue weighted by atomic mass is 16.5. The summed E-state index contributed by atoms with van der Waals surface area (Å²) in [6.45, 7) is 3.71. The molecule has 3 aromatic rings. The molecule has 2 atom stereocenters. The standard InChI is InChI=1S/C26H31N5O2/c1-3-15-33-21-13-11-18(12-14-21)17-28-19-7-5-8-20(16-19)31(4-2)26(32)25-29-23-10-6-9-22(27)24(23)30-25/h1,6,9-14,19-20,28H,4-5,7-8,15-17,27H2,2H3,(H,29,30). The largest absolute Gasteiger partial charge is 0.481 e. The molecule has 0 spiro atoms. The summed E-state index contributed by atoms with van der Waals surface area (Å²) >= 11 is 0. The zero-order valence-corrected chi connectivity index (χ0v) is 19.0. The van der Waals surface area contributed by atoms with Crippen molar-refractivity contribution >= 4 is 22.6 Å². The van der Waals surface area contributed by atoms with E-state index < -0.39 is 0 Å². The van der Waals surface area contributed by atoms with Crippen LogP contribution < -0.4 is 15.8 Å². The Hall–Kier alpha value is -3.50. The normalized spacial score (nSPS) is 18.1. The second-order valence-corrected chi connectivity index (χ2v) is 8.45. The van der Waals surface area contributed by atoms with Gasteiger partial charge in [0.2, 0.25) is 0 Å². The maximum absolute atomic E-state index is 13.3. The summed E-state index contributed by atoms with van der Waals surface area (Å²) in [6, 6.07) is 14.1. The summed E-state index contributed by atoms with van der Waals surface area (Å²) in [5.74, 6) is 3.53. The first-order valence-corrected chi connectivity index (χ1v) is 11.5. The van der Waals surface area contributed by atoms with Crippen molar-refractivity contribution in [2.45, 2.75) is 51.2 Å². The lowest BCUT2D eigenvalue weighted by molar-refractivity contribution is 0.0617. The highest BCUT2D eigenvalue weighted by Crippen LogP contribution is 2.26. The minimum Gasteiger partial charge on any atom is -0.481 e. The molecule has 1 heterocycles. The van der Waals surface area contributed by atoms with E-state index in [0.717, 1.165) is 43.5 Å². The van der Waals surface area contributed by atoms with Crippen LogP contribution in [0.2, 0.25) is 0 Å². The van der Waals surface area contributed by atoms with Crippen LogP contribution >= 0.6 is 0 Å². The van der Waals surface area contributed by atoms with Gasteiger partial charge < -0.3 is 25.7 Å². The smallest absolute Gasteiger partial charge is 0.289 e. The number of aromatic nitrogens is 2. The molecule has 172 valence electrons. The summed E-state index contributed by atoms with van der Waals surface area (Å²) in [6.07, 6.45) is 9.34. The number of nitrogens with zero attached hydrogens (tertiary/aromatic N) is 2. The van der Waals surface area contributed by atoms with E-state index in [1.807, 2.05) is 48.2 Å². The van der Waals surface area contributed by atoms with Crippen molar-refractivity contribution in [1.82, 2.24) is 20.2 Å². The molecular formula is C26H31N5O2. The van der Waals surface area contributed by atoms with Crippen LogP contribution in [0.5, 0.6) is 5.75 Å². The number of nitrogens with one attached hydrogen (secondary N) is 2. The molecule has 0 radical (unpaired) electrons. The van der Waals surface area contributed by atoms with Crippen LogP contribution in [0.15, 0.2) is 42.5 Å². The zero-order chi connectivity index (χ0) is 23.2. The first-order valence-electron chi connectivity index (χ1n) is 11.5. The number of para-hydroxylation sites is 1. The van der Waals surface area contributed by atoms with Crippen molar-refractivity contribution in [1.29, 1.82) is 0 Å². The van der Waals surface area contributed by atoms with Gasteiger partial charge in [0, 0.05) is 25.2 Å². The average molecular weight is 446 g/mol. The Labute approximate surface area is 194 Å². The minimum absolute atomic E-state index is 0.0682. The fourth-order valence-electron chi connectivity index (χ4n) is 4.58. The number of anilines is 1. The quantitative estimate of drug-likeness (QED) is 0.363. The second-order valence-electron chi connectivity index (χ2n) is 8.45. The third-order valence-corrected chi connectivity index (χ3v) is 6.28. The number of amides is 1. The molecule has 1 amide bonds. The molecule has 0 bridgehead atoms. The lowest BCUT2D eigenvalue weighted by atomic mass is 9.89. The Balaban J connectivity index is 1.37. The Morgan fingerprint density at radius 1 is 1.30 bits per heavy atom. The van der Waals surface area contributed by atoms with Crippen LogP contribution in [0.3, 0.4) is 0 Å². The first kappa shape index (κ1) is 22.7. The number of carbonyl (C=O) groups is 1. The van der Waals surface area contributed by atoms with Gasteiger partial charge in [-0.2, -0.15) is 0 Å². The zero-order valence-electron chi connectivity index (χ0n) is 19.0. The van der Waals surface area contributed by atoms with E-state index >= 15 is 0 Å². The van der Waals surface area contributed by atoms with Crippen molar-refractivity contribution in [2.75, 3.05) is 18.9 Å². The molecule has 1 aliphatic rings. The fraction of sp³-hybridized carbons (Fsp3) is 0.385. The molecule has 2 aromatic carbocycles. The summed E-state index contributed by atoms with van der Waals surface area (Å²) < 4.78 is 5.43. The summed E-state index contributed by atoms with van der Waals surface area (Å²) in [5, 5.41) is 3.67. The number of aromatic amines is 1. The van der Waals surface area contributed by atoms with Crippen molar-refractivity contribution in [2.24, 2.45) is 0 Å². The third kappa shape index (κ3) is 5.29. The number of hydrogen-bond donors (Lipinski definition) is 3. The van der Waals surface area contributed by atoms with Crippen molar-refractivity contribution in [3.05, 3.63) is 53.9 Å². The topological polar surface area (TPSA) is 96.3 Å². The van der Waals surface area contributed by atoms with E-state index in [0.29, 0.717) is 29.6 Å². The van der Waals surface area contributed by atoms with Crippen LogP contribution in [0.4, 0.5) is 5.69 Å². The van der Waals surface area contributed by atoms with Gasteiger partial charge >= 0.3 is 0 Å². The van der Waals surface area contributed by atoms with Crippen molar-refractivity contribution in [3.8, 4) is 18.1 Å². The van der Waals surface area contributed by atoms with Crippen LogP contribution in [-0.4, -0.2) is 46.0 Å². The Morgan fingerprint density at radius 3 is 2.85 bits per heavy atom. The molecule has 7 nitrogen and oxygen atoms in total. The molecule has 1 aromatic heterocycles. The Morgan fingerprint density at radius 2 is 2.12 bits per heavy atom. The van der Waals surface area contributed by atoms with Gasteiger partial charge in [-0.3, -0.25) is 4.79 Å². The van der Waals surface area contributed by atoms with Crippen LogP contribution in [0, 0.1) is 12.3 Å². The van der Waals surface area contributed by atoms with Crippen LogP contribution in [-0.2, 0) is 6.54 Å². The average Bonchev–Trinajstić information content (AvgIpc) is 3.29. The van der Waals surface area contributed by atoms with E-state index in [4.69, 9.17) is 16.9 Å². The van der Waals surface area contributed by atoms with Crippen LogP contribution in [0.1, 0.15) is 48.8 Å². The highest BCUT2D eigenvalue weighted by Gasteiger charge is 2.30. The lowest BCUT2D eigenvalue weighted by Gasteiger charge is -2.37. The number of imidazole rings is 1. The molecule has 1 fully saturated rings. The van der Waals surface area contributed by atoms with E-state index in [1.54, 1.807) is 6.07 Å². The molecular weight excluding hydrogens is 414 g/mol. The number of terminal acetylenes is 1. The minimum atomic E-state index is -0.0682. The second kappa shape index (κ2) is 10.4. The van der Waals surface area contributed by atoms with Gasteiger partial charge in [-0.1, -0.05) is 24.1 Å². The van der Waals surface area contributed by atoms with Gasteiger partial charge in [0.15, 0.2) is 5.82 Å². The Kier molecular flexibility index (Phi) is 7.16. The number of rotatable bonds is 8. The number of nitrogen functional groups attached to an aromatic ring is 1. The number of hydrogen-bond acceptors (Lipinski definition) is 5. The molecule has 33 heavy (non-hydrogen) atoms. The van der Waals surface area contributed by atoms with Crippen molar-refractivity contribution < 1.29 is 9.53 Å².